The summed E-state index contributed by atoms with van der Waals surface area (Å²) < 4.78 is 0. The molecule has 2 aromatic carbocycles. The molecule has 0 saturated carbocycles. The number of aliphatic hydroxyl groups excluding tert-OH is 12. The Kier molecular flexibility index (Phi) is 27.5. The fourth-order valence-electron chi connectivity index (χ4n) is 8.14. The standard InChI is InChI=1S/C49H78N2O12/c1-4-7-10-13-17-32-22-34(23-33(18-14-11-8-5-2)38(32)19-15-12-9-6-3)39(20-16-21-51-50)35-24-36(26-41(55)47(61)44(58)29-52)40(28-43(57)49(63)46(60)31-54)37(25-35)27-42(56)48(62)45(59)30-53/h16,20,22-25,41-49,52-63H,4-15,17-19,26-31H2,1-3H3. The first-order valence-corrected chi connectivity index (χ1v) is 23.1. The van der Waals surface area contributed by atoms with Gasteiger partial charge in [0, 0.05) is 19.3 Å². The average molecular weight is 887 g/mol. The quantitative estimate of drug-likeness (QED) is 0.0162. The van der Waals surface area contributed by atoms with E-state index in [9.17, 15) is 66.8 Å². The maximum atomic E-state index is 11.3. The summed E-state index contributed by atoms with van der Waals surface area (Å²) in [6.45, 7) is 3.94. The van der Waals surface area contributed by atoms with Crippen LogP contribution in [-0.2, 0) is 38.5 Å². The van der Waals surface area contributed by atoms with Crippen LogP contribution in [-0.4, -0.2) is 147 Å². The number of allylic oxidation sites excluding steroid dienone is 2. The van der Waals surface area contributed by atoms with Crippen LogP contribution in [0, 0.1) is 0 Å². The molecule has 9 atom stereocenters. The SMILES string of the molecule is CCCCCCc1cc(C(=CC=C=[N+]=[N-])c2cc(CC(O)C(O)C(O)CO)c(CC(O)C(O)C(O)CO)c(CC(O)C(O)C(O)CO)c2)cc(CCCCCC)c1CCCCCC. The molecule has 2 aromatic rings. The van der Waals surface area contributed by atoms with Crippen LogP contribution in [0.3, 0.4) is 0 Å². The molecule has 12 N–H and O–H groups in total. The Hall–Kier alpha value is -3.14. The molecule has 0 spiro atoms. The van der Waals surface area contributed by atoms with Gasteiger partial charge in [-0.25, -0.2) is 0 Å². The van der Waals surface area contributed by atoms with Crippen molar-refractivity contribution in [1.82, 2.24) is 0 Å². The molecule has 0 aromatic heterocycles. The van der Waals surface area contributed by atoms with Crippen LogP contribution in [0.1, 0.15) is 142 Å². The Morgan fingerprint density at radius 1 is 0.492 bits per heavy atom. The van der Waals surface area contributed by atoms with E-state index in [2.05, 4.69) is 43.6 Å². The van der Waals surface area contributed by atoms with Gasteiger partial charge < -0.3 is 66.8 Å². The van der Waals surface area contributed by atoms with Crippen molar-refractivity contribution in [2.45, 2.75) is 191 Å². The first kappa shape index (κ1) is 56.0. The highest BCUT2D eigenvalue weighted by molar-refractivity contribution is 5.83. The summed E-state index contributed by atoms with van der Waals surface area (Å²) in [4.78, 5) is 3.05. The van der Waals surface area contributed by atoms with E-state index in [1.165, 1.54) is 22.8 Å². The van der Waals surface area contributed by atoms with Crippen molar-refractivity contribution in [3.8, 4) is 0 Å². The number of nitrogens with zero attached hydrogens (tertiary/aromatic N) is 2. The molecule has 0 heterocycles. The summed E-state index contributed by atoms with van der Waals surface area (Å²) >= 11 is 0. The molecule has 0 aliphatic carbocycles. The lowest BCUT2D eigenvalue weighted by molar-refractivity contribution is -0.0780. The lowest BCUT2D eigenvalue weighted by Crippen LogP contribution is -2.42. The zero-order chi connectivity index (χ0) is 46.9. The van der Waals surface area contributed by atoms with E-state index in [1.807, 2.05) is 0 Å². The molecule has 0 fully saturated rings. The van der Waals surface area contributed by atoms with Crippen molar-refractivity contribution < 1.29 is 66.1 Å². The van der Waals surface area contributed by atoms with Crippen molar-refractivity contribution in [2.75, 3.05) is 19.8 Å². The fraction of sp³-hybridized carbons (Fsp3) is 0.673. The molecular formula is C49H78N2O12. The van der Waals surface area contributed by atoms with Crippen molar-refractivity contribution in [3.05, 3.63) is 86.5 Å². The molecule has 9 unspecified atom stereocenters. The van der Waals surface area contributed by atoms with Crippen LogP contribution >= 0.6 is 0 Å². The first-order valence-electron chi connectivity index (χ1n) is 23.1. The van der Waals surface area contributed by atoms with Crippen LogP contribution in [0.2, 0.25) is 0 Å². The van der Waals surface area contributed by atoms with E-state index >= 15 is 0 Å². The van der Waals surface area contributed by atoms with E-state index < -0.39 is 94.0 Å². The smallest absolute Gasteiger partial charge is 0.299 e. The highest BCUT2D eigenvalue weighted by atomic mass is 16.4. The maximum Gasteiger partial charge on any atom is 0.299 e. The van der Waals surface area contributed by atoms with Gasteiger partial charge in [-0.15, -0.1) is 4.79 Å². The summed E-state index contributed by atoms with van der Waals surface area (Å²) in [5.74, 6) is 2.45. The molecule has 14 heteroatoms. The molecule has 0 aliphatic heterocycles. The Labute approximate surface area is 374 Å². The minimum Gasteiger partial charge on any atom is -0.394 e. The molecule has 356 valence electrons. The van der Waals surface area contributed by atoms with Crippen molar-refractivity contribution in [3.63, 3.8) is 0 Å². The van der Waals surface area contributed by atoms with Crippen LogP contribution in [0.25, 0.3) is 11.1 Å². The van der Waals surface area contributed by atoms with Crippen molar-refractivity contribution >= 4 is 11.4 Å². The predicted octanol–water partition coefficient (Wildman–Crippen LogP) is 2.79. The van der Waals surface area contributed by atoms with Gasteiger partial charge in [-0.3, -0.25) is 0 Å². The molecule has 63 heavy (non-hydrogen) atoms. The van der Waals surface area contributed by atoms with Gasteiger partial charge in [0.2, 0.25) is 0 Å². The summed E-state index contributed by atoms with van der Waals surface area (Å²) in [6, 6.07) is 7.68. The molecule has 0 radical (unpaired) electrons. The first-order chi connectivity index (χ1) is 30.2. The number of benzene rings is 2. The number of unbranched alkanes of at least 4 members (excludes halogenated alkanes) is 9. The second-order valence-electron chi connectivity index (χ2n) is 17.0. The largest absolute Gasteiger partial charge is 0.394 e. The molecule has 0 bridgehead atoms. The topological polar surface area (TPSA) is 279 Å². The second kappa shape index (κ2) is 30.9. The van der Waals surface area contributed by atoms with Gasteiger partial charge in [0.05, 0.1) is 44.2 Å². The summed E-state index contributed by atoms with van der Waals surface area (Å²) in [5.41, 5.74) is 15.7. The van der Waals surface area contributed by atoms with Crippen molar-refractivity contribution in [1.29, 1.82) is 0 Å². The van der Waals surface area contributed by atoms with Crippen molar-refractivity contribution in [2.24, 2.45) is 0 Å². The van der Waals surface area contributed by atoms with E-state index in [0.717, 1.165) is 102 Å². The van der Waals surface area contributed by atoms with Crippen LogP contribution in [0.15, 0.2) is 36.4 Å². The number of aryl methyl sites for hydroxylation is 2. The van der Waals surface area contributed by atoms with Gasteiger partial charge in [0.15, 0.2) is 0 Å². The summed E-state index contributed by atoms with van der Waals surface area (Å²) in [5, 5.41) is 125. The third kappa shape index (κ3) is 18.3. The molecular weight excluding hydrogens is 809 g/mol. The van der Waals surface area contributed by atoms with E-state index in [-0.39, 0.29) is 16.7 Å². The minimum absolute atomic E-state index is 0.201. The fourth-order valence-corrected chi connectivity index (χ4v) is 8.14. The van der Waals surface area contributed by atoms with Crippen LogP contribution < -0.4 is 0 Å². The van der Waals surface area contributed by atoms with Gasteiger partial charge in [-0.1, -0.05) is 103 Å². The van der Waals surface area contributed by atoms with E-state index in [1.54, 1.807) is 18.2 Å². The number of hydrogen-bond donors (Lipinski definition) is 12. The second-order valence-corrected chi connectivity index (χ2v) is 17.0. The Morgan fingerprint density at radius 3 is 1.22 bits per heavy atom. The molecule has 0 amide bonds. The monoisotopic (exact) mass is 887 g/mol. The molecule has 0 aliphatic rings. The Morgan fingerprint density at radius 2 is 0.857 bits per heavy atom. The number of aliphatic hydroxyl groups is 12. The number of rotatable bonds is 33. The molecule has 14 nitrogen and oxygen atoms in total. The normalized spacial score (nSPS) is 16.3. The molecule has 0 saturated heterocycles. The lowest BCUT2D eigenvalue weighted by atomic mass is 9.82. The Bertz CT molecular complexity index is 1650. The summed E-state index contributed by atoms with van der Waals surface area (Å²) in [7, 11) is 0. The predicted molar refractivity (Wildman–Crippen MR) is 243 cm³/mol. The van der Waals surface area contributed by atoms with Crippen LogP contribution in [0.5, 0.6) is 0 Å². The van der Waals surface area contributed by atoms with Gasteiger partial charge in [0.1, 0.15) is 36.6 Å². The van der Waals surface area contributed by atoms with Gasteiger partial charge in [0.25, 0.3) is 5.87 Å². The third-order valence-corrected chi connectivity index (χ3v) is 12.0. The third-order valence-electron chi connectivity index (χ3n) is 12.0. The van der Waals surface area contributed by atoms with Gasteiger partial charge in [-0.05, 0) is 94.7 Å². The lowest BCUT2D eigenvalue weighted by Gasteiger charge is -2.29. The average Bonchev–Trinajstić information content (AvgIpc) is 3.28. The Balaban J connectivity index is 3.14. The highest BCUT2D eigenvalue weighted by Crippen LogP contribution is 2.35. The van der Waals surface area contributed by atoms with Gasteiger partial charge in [-0.2, -0.15) is 0 Å². The number of hydrogen-bond acceptors (Lipinski definition) is 12. The minimum atomic E-state index is -1.85. The van der Waals surface area contributed by atoms with Gasteiger partial charge >= 0.3 is 0 Å². The summed E-state index contributed by atoms with van der Waals surface area (Å²) in [6.07, 6.45) is 1.68. The zero-order valence-corrected chi connectivity index (χ0v) is 37.8. The zero-order valence-electron chi connectivity index (χ0n) is 37.8. The highest BCUT2D eigenvalue weighted by Gasteiger charge is 2.32. The van der Waals surface area contributed by atoms with E-state index in [4.69, 9.17) is 0 Å². The van der Waals surface area contributed by atoms with E-state index in [0.29, 0.717) is 11.1 Å². The van der Waals surface area contributed by atoms with Crippen LogP contribution in [0.4, 0.5) is 0 Å². The maximum absolute atomic E-state index is 11.3. The molecule has 2 rings (SSSR count).